The minimum absolute atomic E-state index is 0.0731. The fourth-order valence-electron chi connectivity index (χ4n) is 2.40. The zero-order valence-electron chi connectivity index (χ0n) is 14.0. The molecule has 146 valence electrons. The number of aliphatic hydroxyl groups excluding tert-OH is 4. The molecule has 0 bridgehead atoms. The van der Waals surface area contributed by atoms with Crippen LogP contribution in [0.1, 0.15) is 5.56 Å². The number of aliphatic hydroxyl groups is 4. The molecule has 3 atom stereocenters. The second-order valence-corrected chi connectivity index (χ2v) is 7.29. The molecule has 1 aromatic rings. The Morgan fingerprint density at radius 1 is 1.46 bits per heavy atom. The van der Waals surface area contributed by atoms with E-state index in [1.165, 1.54) is 16.3 Å². The minimum atomic E-state index is -0.910. The fraction of sp³-hybridized carbons (Fsp3) is 0.600. The predicted octanol–water partition coefficient (Wildman–Crippen LogP) is -0.881. The highest BCUT2D eigenvalue weighted by molar-refractivity contribution is 7.98. The molecule has 26 heavy (non-hydrogen) atoms. The molecule has 2 heterocycles. The molecule has 0 saturated carbocycles. The highest BCUT2D eigenvalue weighted by Crippen LogP contribution is 2.24. The Kier molecular flexibility index (Phi) is 7.65. The van der Waals surface area contributed by atoms with Gasteiger partial charge >= 0.3 is 5.69 Å². The van der Waals surface area contributed by atoms with Gasteiger partial charge in [-0.05, 0) is 0 Å². The topological polar surface area (TPSA) is 151 Å². The molecule has 0 radical (unpaired) electrons. The molecule has 6 N–H and O–H groups in total. The third-order valence-corrected chi connectivity index (χ3v) is 5.44. The molecule has 11 heteroatoms. The number of hydrogen-bond donors (Lipinski definition) is 6. The Morgan fingerprint density at radius 2 is 2.19 bits per heavy atom. The minimum Gasteiger partial charge on any atom is -0.508 e. The predicted molar refractivity (Wildman–Crippen MR) is 101 cm³/mol. The van der Waals surface area contributed by atoms with Gasteiger partial charge in [0.25, 0.3) is 0 Å². The van der Waals surface area contributed by atoms with Crippen molar-refractivity contribution in [1.29, 1.82) is 0 Å². The fourth-order valence-corrected chi connectivity index (χ4v) is 3.67. The van der Waals surface area contributed by atoms with Crippen LogP contribution in [-0.4, -0.2) is 66.9 Å². The van der Waals surface area contributed by atoms with Gasteiger partial charge in [0.1, 0.15) is 18.2 Å². The van der Waals surface area contributed by atoms with Gasteiger partial charge in [-0.3, -0.25) is 4.57 Å². The average molecular weight is 405 g/mol. The number of nitrogen functional groups attached to an aromatic ring is 1. The summed E-state index contributed by atoms with van der Waals surface area (Å²) >= 11 is 5.26. The second-order valence-electron chi connectivity index (χ2n) is 5.89. The van der Waals surface area contributed by atoms with Crippen LogP contribution < -0.4 is 11.4 Å². The van der Waals surface area contributed by atoms with Crippen LogP contribution >= 0.6 is 24.4 Å². The maximum absolute atomic E-state index is 12.0. The highest BCUT2D eigenvalue weighted by Gasteiger charge is 2.27. The van der Waals surface area contributed by atoms with Gasteiger partial charge in [0.15, 0.2) is 5.76 Å². The van der Waals surface area contributed by atoms with Crippen LogP contribution in [0.2, 0.25) is 0 Å². The SMILES string of the molecule is Nc1nc(=O)n(CC2COC(CO)=C2O)cc1CSCC(O)C(O)CS. The summed E-state index contributed by atoms with van der Waals surface area (Å²) in [6.45, 7) is -0.101. The van der Waals surface area contributed by atoms with Crippen molar-refractivity contribution in [2.45, 2.75) is 24.5 Å². The smallest absolute Gasteiger partial charge is 0.349 e. The van der Waals surface area contributed by atoms with Crippen molar-refractivity contribution in [3.05, 3.63) is 33.8 Å². The van der Waals surface area contributed by atoms with Gasteiger partial charge in [-0.1, -0.05) is 0 Å². The molecular formula is C15H23N3O6S2. The number of rotatable bonds is 9. The van der Waals surface area contributed by atoms with E-state index in [1.807, 2.05) is 0 Å². The maximum atomic E-state index is 12.0. The number of thiol groups is 1. The van der Waals surface area contributed by atoms with Crippen LogP contribution in [0.4, 0.5) is 5.82 Å². The van der Waals surface area contributed by atoms with Crippen molar-refractivity contribution < 1.29 is 25.2 Å². The molecule has 9 nitrogen and oxygen atoms in total. The molecule has 0 aromatic carbocycles. The van der Waals surface area contributed by atoms with E-state index < -0.39 is 30.4 Å². The maximum Gasteiger partial charge on any atom is 0.349 e. The van der Waals surface area contributed by atoms with Crippen LogP contribution in [0.15, 0.2) is 22.5 Å². The number of ether oxygens (including phenoxy) is 1. The summed E-state index contributed by atoms with van der Waals surface area (Å²) in [5.74, 6) is 0.511. The summed E-state index contributed by atoms with van der Waals surface area (Å²) in [5.41, 5.74) is 5.85. The van der Waals surface area contributed by atoms with Crippen LogP contribution in [0.5, 0.6) is 0 Å². The normalized spacial score (nSPS) is 19.5. The number of aromatic nitrogens is 2. The highest BCUT2D eigenvalue weighted by atomic mass is 32.2. The lowest BCUT2D eigenvalue weighted by molar-refractivity contribution is 0.0502. The summed E-state index contributed by atoms with van der Waals surface area (Å²) in [5, 5.41) is 38.3. The van der Waals surface area contributed by atoms with Crippen LogP contribution in [0.3, 0.4) is 0 Å². The van der Waals surface area contributed by atoms with E-state index >= 15 is 0 Å². The lowest BCUT2D eigenvalue weighted by Gasteiger charge is -2.16. The van der Waals surface area contributed by atoms with Gasteiger partial charge in [-0.2, -0.15) is 29.4 Å². The Hall–Kier alpha value is -1.40. The summed E-state index contributed by atoms with van der Waals surface area (Å²) in [6.07, 6.45) is -0.260. The van der Waals surface area contributed by atoms with Crippen molar-refractivity contribution in [2.24, 2.45) is 5.92 Å². The average Bonchev–Trinajstić information content (AvgIpc) is 2.97. The van der Waals surface area contributed by atoms with Crippen molar-refractivity contribution in [3.63, 3.8) is 0 Å². The molecule has 0 spiro atoms. The van der Waals surface area contributed by atoms with E-state index in [0.29, 0.717) is 11.3 Å². The first kappa shape index (κ1) is 20.9. The number of hydrogen-bond acceptors (Lipinski definition) is 10. The number of thioether (sulfide) groups is 1. The molecule has 0 fully saturated rings. The van der Waals surface area contributed by atoms with Gasteiger partial charge in [0.05, 0.1) is 24.7 Å². The van der Waals surface area contributed by atoms with E-state index in [0.717, 1.165) is 0 Å². The first-order chi connectivity index (χ1) is 12.4. The number of nitrogens with zero attached hydrogens (tertiary/aromatic N) is 2. The molecule has 1 aliphatic heterocycles. The lowest BCUT2D eigenvalue weighted by atomic mass is 10.1. The molecule has 0 saturated heterocycles. The molecule has 2 rings (SSSR count). The van der Waals surface area contributed by atoms with Gasteiger partial charge in [-0.25, -0.2) is 4.79 Å². The van der Waals surface area contributed by atoms with Gasteiger partial charge in [0.2, 0.25) is 0 Å². The summed E-state index contributed by atoms with van der Waals surface area (Å²) in [7, 11) is 0. The molecule has 3 unspecified atom stereocenters. The largest absolute Gasteiger partial charge is 0.508 e. The van der Waals surface area contributed by atoms with Crippen LogP contribution in [-0.2, 0) is 17.0 Å². The second kappa shape index (κ2) is 9.51. The third kappa shape index (κ3) is 5.07. The van der Waals surface area contributed by atoms with Crippen molar-refractivity contribution in [1.82, 2.24) is 9.55 Å². The van der Waals surface area contributed by atoms with Gasteiger partial charge in [0, 0.05) is 35.6 Å². The molecule has 0 aliphatic carbocycles. The first-order valence-corrected chi connectivity index (χ1v) is 9.72. The van der Waals surface area contributed by atoms with Crippen molar-refractivity contribution in [3.8, 4) is 0 Å². The van der Waals surface area contributed by atoms with Gasteiger partial charge in [-0.15, -0.1) is 0 Å². The Labute approximate surface area is 159 Å². The van der Waals surface area contributed by atoms with Crippen LogP contribution in [0.25, 0.3) is 0 Å². The Morgan fingerprint density at radius 3 is 2.81 bits per heavy atom. The standard InChI is InChI=1S/C15H23N3O6S2/c16-14-9(6-26-7-11(21)10(20)5-25)2-18(15(23)17-14)1-8-4-24-12(3-19)13(8)22/h2,8,10-11,19-22,25H,1,3-7H2,(H2,16,17,23). The molecule has 0 amide bonds. The molecule has 1 aromatic heterocycles. The zero-order valence-corrected chi connectivity index (χ0v) is 15.7. The van der Waals surface area contributed by atoms with E-state index in [9.17, 15) is 20.1 Å². The van der Waals surface area contributed by atoms with Crippen LogP contribution in [0, 0.1) is 5.92 Å². The quantitative estimate of drug-likeness (QED) is 0.288. The third-order valence-electron chi connectivity index (χ3n) is 3.97. The van der Waals surface area contributed by atoms with Gasteiger partial charge < -0.3 is 30.9 Å². The Balaban J connectivity index is 2.05. The van der Waals surface area contributed by atoms with E-state index in [-0.39, 0.29) is 42.0 Å². The van der Waals surface area contributed by atoms with Crippen molar-refractivity contribution in [2.75, 3.05) is 30.5 Å². The molecular weight excluding hydrogens is 382 g/mol. The Bertz CT molecular complexity index is 711. The monoisotopic (exact) mass is 405 g/mol. The lowest BCUT2D eigenvalue weighted by Crippen LogP contribution is -2.30. The van der Waals surface area contributed by atoms with E-state index in [2.05, 4.69) is 17.6 Å². The van der Waals surface area contributed by atoms with E-state index in [4.69, 9.17) is 15.6 Å². The molecule has 1 aliphatic rings. The zero-order chi connectivity index (χ0) is 19.3. The summed E-state index contributed by atoms with van der Waals surface area (Å²) in [4.78, 5) is 15.8. The number of nitrogens with two attached hydrogens (primary N) is 1. The summed E-state index contributed by atoms with van der Waals surface area (Å²) < 4.78 is 6.50. The van der Waals surface area contributed by atoms with Crippen molar-refractivity contribution >= 4 is 30.2 Å². The van der Waals surface area contributed by atoms with E-state index in [1.54, 1.807) is 6.20 Å². The first-order valence-electron chi connectivity index (χ1n) is 7.93. The summed E-state index contributed by atoms with van der Waals surface area (Å²) in [6, 6.07) is 0. The number of anilines is 1.